The molecule has 0 aliphatic heterocycles. The second-order valence-electron chi connectivity index (χ2n) is 3.53. The standard InChI is InChI=1S/C12H23N/c1-5-7-8-9-10-11-12(6-2)13(3)4/h7-10,12H,5-6,11H2,1-4H3/b8-7-,10-9-. The number of hydrogen-bond donors (Lipinski definition) is 0. The molecule has 0 radical (unpaired) electrons. The fraction of sp³-hybridized carbons (Fsp3) is 0.667. The van der Waals surface area contributed by atoms with Crippen molar-refractivity contribution in [1.29, 1.82) is 0 Å². The van der Waals surface area contributed by atoms with Crippen LogP contribution in [0.15, 0.2) is 24.3 Å². The second kappa shape index (κ2) is 8.06. The minimum Gasteiger partial charge on any atom is -0.306 e. The Morgan fingerprint density at radius 3 is 2.15 bits per heavy atom. The van der Waals surface area contributed by atoms with Gasteiger partial charge >= 0.3 is 0 Å². The molecule has 0 aliphatic rings. The van der Waals surface area contributed by atoms with Crippen LogP contribution in [0.2, 0.25) is 0 Å². The number of allylic oxidation sites excluding steroid dienone is 3. The van der Waals surface area contributed by atoms with Gasteiger partial charge in [0.05, 0.1) is 0 Å². The van der Waals surface area contributed by atoms with E-state index >= 15 is 0 Å². The molecule has 0 heterocycles. The summed E-state index contributed by atoms with van der Waals surface area (Å²) >= 11 is 0. The third-order valence-corrected chi connectivity index (χ3v) is 2.23. The lowest BCUT2D eigenvalue weighted by Crippen LogP contribution is -2.26. The van der Waals surface area contributed by atoms with Crippen molar-refractivity contribution in [1.82, 2.24) is 4.90 Å². The maximum atomic E-state index is 2.29. The summed E-state index contributed by atoms with van der Waals surface area (Å²) in [5, 5.41) is 0. The van der Waals surface area contributed by atoms with Crippen LogP contribution in [0.1, 0.15) is 33.1 Å². The van der Waals surface area contributed by atoms with Gasteiger partial charge in [-0.1, -0.05) is 38.2 Å². The van der Waals surface area contributed by atoms with Gasteiger partial charge in [0.25, 0.3) is 0 Å². The fourth-order valence-corrected chi connectivity index (χ4v) is 1.27. The minimum atomic E-state index is 0.686. The summed E-state index contributed by atoms with van der Waals surface area (Å²) in [6.07, 6.45) is 12.2. The van der Waals surface area contributed by atoms with Crippen LogP contribution in [0, 0.1) is 0 Å². The molecule has 0 rings (SSSR count). The van der Waals surface area contributed by atoms with Gasteiger partial charge < -0.3 is 4.90 Å². The summed E-state index contributed by atoms with van der Waals surface area (Å²) in [5.41, 5.74) is 0. The highest BCUT2D eigenvalue weighted by molar-refractivity contribution is 5.02. The number of nitrogens with zero attached hydrogens (tertiary/aromatic N) is 1. The molecule has 0 aliphatic carbocycles. The van der Waals surface area contributed by atoms with Gasteiger partial charge in [-0.25, -0.2) is 0 Å². The Bertz CT molecular complexity index is 157. The Hall–Kier alpha value is -0.560. The van der Waals surface area contributed by atoms with Crippen molar-refractivity contribution in [3.8, 4) is 0 Å². The average Bonchev–Trinajstić information content (AvgIpc) is 2.10. The second-order valence-corrected chi connectivity index (χ2v) is 3.53. The normalized spacial score (nSPS) is 14.8. The molecule has 0 aromatic heterocycles. The Morgan fingerprint density at radius 1 is 1.08 bits per heavy atom. The number of hydrogen-bond acceptors (Lipinski definition) is 1. The zero-order chi connectivity index (χ0) is 10.1. The molecule has 0 N–H and O–H groups in total. The lowest BCUT2D eigenvalue weighted by Gasteiger charge is -2.20. The van der Waals surface area contributed by atoms with Crippen LogP contribution in [0.25, 0.3) is 0 Å². The molecule has 13 heavy (non-hydrogen) atoms. The van der Waals surface area contributed by atoms with E-state index in [2.05, 4.69) is 57.1 Å². The smallest absolute Gasteiger partial charge is 0.0121 e. The maximum absolute atomic E-state index is 2.29. The summed E-state index contributed by atoms with van der Waals surface area (Å²) in [4.78, 5) is 2.29. The zero-order valence-electron chi connectivity index (χ0n) is 9.46. The van der Waals surface area contributed by atoms with Crippen LogP contribution < -0.4 is 0 Å². The Morgan fingerprint density at radius 2 is 1.69 bits per heavy atom. The summed E-state index contributed by atoms with van der Waals surface area (Å²) in [6.45, 7) is 4.39. The van der Waals surface area contributed by atoms with Crippen molar-refractivity contribution in [3.05, 3.63) is 24.3 Å². The van der Waals surface area contributed by atoms with Crippen molar-refractivity contribution in [2.45, 2.75) is 39.2 Å². The zero-order valence-corrected chi connectivity index (χ0v) is 9.46. The molecular weight excluding hydrogens is 158 g/mol. The largest absolute Gasteiger partial charge is 0.306 e. The van der Waals surface area contributed by atoms with Crippen LogP contribution in [-0.4, -0.2) is 25.0 Å². The van der Waals surface area contributed by atoms with E-state index in [0.29, 0.717) is 6.04 Å². The van der Waals surface area contributed by atoms with Crippen LogP contribution >= 0.6 is 0 Å². The highest BCUT2D eigenvalue weighted by atomic mass is 15.1. The van der Waals surface area contributed by atoms with Crippen LogP contribution in [-0.2, 0) is 0 Å². The summed E-state index contributed by atoms with van der Waals surface area (Å²) in [5.74, 6) is 0. The third kappa shape index (κ3) is 6.59. The van der Waals surface area contributed by atoms with E-state index in [1.54, 1.807) is 0 Å². The molecule has 0 bridgehead atoms. The quantitative estimate of drug-likeness (QED) is 0.569. The van der Waals surface area contributed by atoms with E-state index in [1.807, 2.05) is 0 Å². The van der Waals surface area contributed by atoms with Gasteiger partial charge in [0, 0.05) is 6.04 Å². The summed E-state index contributed by atoms with van der Waals surface area (Å²) < 4.78 is 0. The molecule has 1 heteroatoms. The maximum Gasteiger partial charge on any atom is 0.0121 e. The fourth-order valence-electron chi connectivity index (χ4n) is 1.27. The molecular formula is C12H23N. The Kier molecular flexibility index (Phi) is 7.71. The van der Waals surface area contributed by atoms with E-state index in [1.165, 1.54) is 6.42 Å². The summed E-state index contributed by atoms with van der Waals surface area (Å²) in [7, 11) is 4.29. The molecule has 1 nitrogen and oxygen atoms in total. The molecule has 0 amide bonds. The van der Waals surface area contributed by atoms with Gasteiger partial charge in [-0.05, 0) is 33.4 Å². The highest BCUT2D eigenvalue weighted by Gasteiger charge is 2.04. The van der Waals surface area contributed by atoms with Gasteiger partial charge in [-0.15, -0.1) is 0 Å². The molecule has 0 aromatic rings. The highest BCUT2D eigenvalue weighted by Crippen LogP contribution is 2.04. The first kappa shape index (κ1) is 12.4. The van der Waals surface area contributed by atoms with Gasteiger partial charge in [0.2, 0.25) is 0 Å². The van der Waals surface area contributed by atoms with Crippen molar-refractivity contribution in [2.24, 2.45) is 0 Å². The summed E-state index contributed by atoms with van der Waals surface area (Å²) in [6, 6.07) is 0.686. The van der Waals surface area contributed by atoms with Crippen molar-refractivity contribution < 1.29 is 0 Å². The minimum absolute atomic E-state index is 0.686. The molecule has 0 saturated carbocycles. The molecule has 1 unspecified atom stereocenters. The lowest BCUT2D eigenvalue weighted by molar-refractivity contribution is 0.288. The van der Waals surface area contributed by atoms with E-state index in [4.69, 9.17) is 0 Å². The lowest BCUT2D eigenvalue weighted by atomic mass is 10.1. The first-order valence-corrected chi connectivity index (χ1v) is 5.20. The monoisotopic (exact) mass is 181 g/mol. The van der Waals surface area contributed by atoms with Crippen LogP contribution in [0.5, 0.6) is 0 Å². The molecule has 0 fully saturated rings. The van der Waals surface area contributed by atoms with E-state index in [0.717, 1.165) is 12.8 Å². The number of rotatable bonds is 6. The first-order chi connectivity index (χ1) is 6.22. The SMILES string of the molecule is CC/C=C\C=C/CC(CC)N(C)C. The van der Waals surface area contributed by atoms with Gasteiger partial charge in [-0.3, -0.25) is 0 Å². The van der Waals surface area contributed by atoms with Gasteiger partial charge in [0.15, 0.2) is 0 Å². The third-order valence-electron chi connectivity index (χ3n) is 2.23. The first-order valence-electron chi connectivity index (χ1n) is 5.20. The average molecular weight is 181 g/mol. The molecule has 0 aromatic carbocycles. The van der Waals surface area contributed by atoms with Crippen molar-refractivity contribution in [3.63, 3.8) is 0 Å². The van der Waals surface area contributed by atoms with Gasteiger partial charge in [-0.2, -0.15) is 0 Å². The van der Waals surface area contributed by atoms with Crippen LogP contribution in [0.3, 0.4) is 0 Å². The molecule has 1 atom stereocenters. The predicted molar refractivity (Wildman–Crippen MR) is 61.0 cm³/mol. The van der Waals surface area contributed by atoms with Crippen LogP contribution in [0.4, 0.5) is 0 Å². The predicted octanol–water partition coefficient (Wildman–Crippen LogP) is 3.24. The molecule has 0 saturated heterocycles. The van der Waals surface area contributed by atoms with E-state index < -0.39 is 0 Å². The Labute approximate surface area is 83.1 Å². The molecule has 76 valence electrons. The van der Waals surface area contributed by atoms with Gasteiger partial charge in [0.1, 0.15) is 0 Å². The molecule has 0 spiro atoms. The topological polar surface area (TPSA) is 3.24 Å². The van der Waals surface area contributed by atoms with Crippen molar-refractivity contribution in [2.75, 3.05) is 14.1 Å². The van der Waals surface area contributed by atoms with E-state index in [9.17, 15) is 0 Å². The van der Waals surface area contributed by atoms with Crippen molar-refractivity contribution >= 4 is 0 Å². The van der Waals surface area contributed by atoms with E-state index in [-0.39, 0.29) is 0 Å². The Balaban J connectivity index is 3.71.